The maximum Gasteiger partial charge on any atom is 0.0991 e. The van der Waals surface area contributed by atoms with E-state index in [9.17, 15) is 0 Å². The Balaban J connectivity index is 1.71. The summed E-state index contributed by atoms with van der Waals surface area (Å²) in [5.74, 6) is 0.624. The first-order valence-electron chi connectivity index (χ1n) is 8.17. The molecule has 0 bridgehead atoms. The van der Waals surface area contributed by atoms with E-state index in [-0.39, 0.29) is 0 Å². The van der Waals surface area contributed by atoms with Gasteiger partial charge in [0.05, 0.1) is 18.2 Å². The number of methoxy groups -OCH3 is 1. The van der Waals surface area contributed by atoms with E-state index < -0.39 is 0 Å². The molecule has 1 atom stereocenters. The van der Waals surface area contributed by atoms with E-state index in [0.29, 0.717) is 11.3 Å². The summed E-state index contributed by atoms with van der Waals surface area (Å²) < 4.78 is 5.50. The summed E-state index contributed by atoms with van der Waals surface area (Å²) in [6.07, 6.45) is 2.49. The highest BCUT2D eigenvalue weighted by Crippen LogP contribution is 2.43. The number of likely N-dealkylation sites (tertiary alicyclic amines) is 1. The Bertz CT molecular complexity index is 546. The second kappa shape index (κ2) is 6.78. The van der Waals surface area contributed by atoms with Gasteiger partial charge in [-0.3, -0.25) is 4.90 Å². The van der Waals surface area contributed by atoms with Crippen LogP contribution in [0, 0.1) is 22.7 Å². The van der Waals surface area contributed by atoms with Gasteiger partial charge in [-0.1, -0.05) is 12.1 Å². The lowest BCUT2D eigenvalue weighted by Crippen LogP contribution is -2.43. The van der Waals surface area contributed by atoms with Gasteiger partial charge in [-0.15, -0.1) is 0 Å². The first kappa shape index (κ1) is 15.5. The maximum atomic E-state index is 9.05. The zero-order valence-electron chi connectivity index (χ0n) is 13.3. The van der Waals surface area contributed by atoms with Gasteiger partial charge in [0.1, 0.15) is 0 Å². The molecule has 1 aromatic carbocycles. The van der Waals surface area contributed by atoms with Crippen molar-refractivity contribution in [3.05, 3.63) is 35.4 Å². The molecular weight excluding hydrogens is 274 g/mol. The van der Waals surface area contributed by atoms with Gasteiger partial charge in [0.15, 0.2) is 0 Å². The average molecular weight is 299 g/mol. The first-order chi connectivity index (χ1) is 10.8. The number of hydrogen-bond donors (Lipinski definition) is 1. The predicted octanol–water partition coefficient (Wildman–Crippen LogP) is 2.01. The molecule has 22 heavy (non-hydrogen) atoms. The minimum absolute atomic E-state index is 0.411. The third-order valence-corrected chi connectivity index (χ3v) is 5.31. The second-order valence-corrected chi connectivity index (χ2v) is 6.75. The van der Waals surface area contributed by atoms with Crippen molar-refractivity contribution in [2.75, 3.05) is 39.9 Å². The molecule has 2 aliphatic rings. The Kier molecular flexibility index (Phi) is 4.77. The molecule has 0 saturated carbocycles. The zero-order chi connectivity index (χ0) is 15.4. The van der Waals surface area contributed by atoms with Crippen molar-refractivity contribution >= 4 is 0 Å². The Hall–Kier alpha value is -1.41. The number of ether oxygens (including phenoxy) is 1. The van der Waals surface area contributed by atoms with E-state index in [1.165, 1.54) is 18.4 Å². The van der Waals surface area contributed by atoms with E-state index in [4.69, 9.17) is 10.00 Å². The Morgan fingerprint density at radius 2 is 2.23 bits per heavy atom. The summed E-state index contributed by atoms with van der Waals surface area (Å²) in [6.45, 7) is 6.29. The number of nitrogens with zero attached hydrogens (tertiary/aromatic N) is 2. The molecule has 2 heterocycles. The largest absolute Gasteiger partial charge is 0.384 e. The van der Waals surface area contributed by atoms with Crippen LogP contribution in [-0.2, 0) is 11.3 Å². The third-order valence-electron chi connectivity index (χ3n) is 5.31. The number of hydrogen-bond acceptors (Lipinski definition) is 4. The molecule has 0 amide bonds. The Morgan fingerprint density at radius 3 is 2.95 bits per heavy atom. The number of nitriles is 1. The molecule has 1 unspecified atom stereocenters. The van der Waals surface area contributed by atoms with Crippen molar-refractivity contribution < 1.29 is 4.74 Å². The highest BCUT2D eigenvalue weighted by Gasteiger charge is 2.46. The van der Waals surface area contributed by atoms with Gasteiger partial charge in [-0.05, 0) is 49.0 Å². The van der Waals surface area contributed by atoms with Crippen LogP contribution in [0.4, 0.5) is 0 Å². The summed E-state index contributed by atoms with van der Waals surface area (Å²) in [5, 5.41) is 12.5. The van der Waals surface area contributed by atoms with Gasteiger partial charge in [0.2, 0.25) is 0 Å². The fourth-order valence-electron chi connectivity index (χ4n) is 4.18. The summed E-state index contributed by atoms with van der Waals surface area (Å²) in [5.41, 5.74) is 2.40. The van der Waals surface area contributed by atoms with Crippen molar-refractivity contribution in [1.29, 1.82) is 5.26 Å². The van der Waals surface area contributed by atoms with Crippen molar-refractivity contribution in [1.82, 2.24) is 10.2 Å². The summed E-state index contributed by atoms with van der Waals surface area (Å²) >= 11 is 0. The molecule has 0 aliphatic carbocycles. The first-order valence-corrected chi connectivity index (χ1v) is 8.17. The quantitative estimate of drug-likeness (QED) is 0.924. The van der Waals surface area contributed by atoms with Crippen LogP contribution in [-0.4, -0.2) is 44.8 Å². The SMILES string of the molecule is COCC1CN(Cc2cccc(C#N)c2)CC12CCNCC2. The van der Waals surface area contributed by atoms with Crippen molar-refractivity contribution in [3.8, 4) is 6.07 Å². The van der Waals surface area contributed by atoms with Crippen LogP contribution in [0.2, 0.25) is 0 Å². The number of benzene rings is 1. The molecule has 2 fully saturated rings. The van der Waals surface area contributed by atoms with Gasteiger partial charge in [0.25, 0.3) is 0 Å². The fraction of sp³-hybridized carbons (Fsp3) is 0.611. The summed E-state index contributed by atoms with van der Waals surface area (Å²) in [7, 11) is 1.81. The highest BCUT2D eigenvalue weighted by molar-refractivity contribution is 5.32. The summed E-state index contributed by atoms with van der Waals surface area (Å²) in [4.78, 5) is 2.55. The molecule has 118 valence electrons. The average Bonchev–Trinajstić information content (AvgIpc) is 2.85. The van der Waals surface area contributed by atoms with Crippen molar-refractivity contribution in [2.24, 2.45) is 11.3 Å². The third kappa shape index (κ3) is 3.17. The minimum atomic E-state index is 0.411. The number of piperidine rings is 1. The second-order valence-electron chi connectivity index (χ2n) is 6.75. The smallest absolute Gasteiger partial charge is 0.0991 e. The standard InChI is InChI=1S/C18H25N3O/c1-22-13-17-12-21(14-18(17)5-7-20-8-6-18)11-16-4-2-3-15(9-16)10-19/h2-4,9,17,20H,5-8,11-14H2,1H3. The lowest BCUT2D eigenvalue weighted by Gasteiger charge is -2.38. The Labute approximate surface area is 133 Å². The van der Waals surface area contributed by atoms with E-state index >= 15 is 0 Å². The van der Waals surface area contributed by atoms with E-state index in [1.807, 2.05) is 25.3 Å². The molecule has 0 aromatic heterocycles. The van der Waals surface area contributed by atoms with Gasteiger partial charge in [-0.25, -0.2) is 0 Å². The molecule has 4 nitrogen and oxygen atoms in total. The molecule has 2 aliphatic heterocycles. The molecule has 4 heteroatoms. The normalized spacial score (nSPS) is 24.5. The van der Waals surface area contributed by atoms with Gasteiger partial charge in [-0.2, -0.15) is 5.26 Å². The van der Waals surface area contributed by atoms with Crippen LogP contribution < -0.4 is 5.32 Å². The minimum Gasteiger partial charge on any atom is -0.384 e. The van der Waals surface area contributed by atoms with Gasteiger partial charge < -0.3 is 10.1 Å². The fourth-order valence-corrected chi connectivity index (χ4v) is 4.18. The molecule has 0 radical (unpaired) electrons. The van der Waals surface area contributed by atoms with Gasteiger partial charge in [0, 0.05) is 32.7 Å². The number of rotatable bonds is 4. The molecule has 3 rings (SSSR count). The van der Waals surface area contributed by atoms with E-state index in [0.717, 1.165) is 44.9 Å². The van der Waals surface area contributed by atoms with Crippen molar-refractivity contribution in [3.63, 3.8) is 0 Å². The maximum absolute atomic E-state index is 9.05. The monoisotopic (exact) mass is 299 g/mol. The van der Waals surface area contributed by atoms with Gasteiger partial charge >= 0.3 is 0 Å². The Morgan fingerprint density at radius 1 is 1.41 bits per heavy atom. The van der Waals surface area contributed by atoms with Crippen molar-refractivity contribution in [2.45, 2.75) is 19.4 Å². The highest BCUT2D eigenvalue weighted by atomic mass is 16.5. The van der Waals surface area contributed by atoms with Crippen LogP contribution in [0.1, 0.15) is 24.0 Å². The van der Waals surface area contributed by atoms with Crippen LogP contribution in [0.15, 0.2) is 24.3 Å². The van der Waals surface area contributed by atoms with Crippen LogP contribution in [0.3, 0.4) is 0 Å². The molecular formula is C18H25N3O. The summed E-state index contributed by atoms with van der Waals surface area (Å²) in [6, 6.07) is 10.2. The molecule has 1 aromatic rings. The molecule has 1 N–H and O–H groups in total. The lowest BCUT2D eigenvalue weighted by atomic mass is 9.71. The topological polar surface area (TPSA) is 48.3 Å². The van der Waals surface area contributed by atoms with E-state index in [2.05, 4.69) is 22.4 Å². The zero-order valence-corrected chi connectivity index (χ0v) is 13.3. The van der Waals surface area contributed by atoms with Crippen LogP contribution >= 0.6 is 0 Å². The molecule has 1 spiro atoms. The van der Waals surface area contributed by atoms with Crippen LogP contribution in [0.25, 0.3) is 0 Å². The number of nitrogens with one attached hydrogen (secondary N) is 1. The predicted molar refractivity (Wildman–Crippen MR) is 86.3 cm³/mol. The van der Waals surface area contributed by atoms with Crippen LogP contribution in [0.5, 0.6) is 0 Å². The van der Waals surface area contributed by atoms with E-state index in [1.54, 1.807) is 0 Å². The molecule has 2 saturated heterocycles. The lowest BCUT2D eigenvalue weighted by molar-refractivity contribution is 0.0716.